The van der Waals surface area contributed by atoms with Crippen LogP contribution in [-0.2, 0) is 27.8 Å². The number of rotatable bonds is 6. The third kappa shape index (κ3) is 4.17. The van der Waals surface area contributed by atoms with Crippen LogP contribution in [-0.4, -0.2) is 28.0 Å². The summed E-state index contributed by atoms with van der Waals surface area (Å²) < 4.78 is 34.0. The van der Waals surface area contributed by atoms with Crippen LogP contribution in [0.2, 0.25) is 0 Å². The molecule has 1 aliphatic rings. The number of nitrogens with zero attached hydrogens (tertiary/aromatic N) is 1. The van der Waals surface area contributed by atoms with Gasteiger partial charge in [-0.15, -0.1) is 0 Å². The molecule has 6 nitrogen and oxygen atoms in total. The molecule has 0 fully saturated rings. The third-order valence-electron chi connectivity index (χ3n) is 4.52. The zero-order valence-corrected chi connectivity index (χ0v) is 17.6. The highest BCUT2D eigenvalue weighted by Crippen LogP contribution is 2.35. The van der Waals surface area contributed by atoms with Gasteiger partial charge in [-0.1, -0.05) is 19.1 Å². The van der Waals surface area contributed by atoms with Crippen molar-refractivity contribution >= 4 is 37.5 Å². The normalized spacial score (nSPS) is 13.5. The highest BCUT2D eigenvalue weighted by molar-refractivity contribution is 9.10. The number of carbonyl (C=O) groups is 1. The van der Waals surface area contributed by atoms with Gasteiger partial charge in [0.05, 0.1) is 12.0 Å². The predicted molar refractivity (Wildman–Crippen MR) is 108 cm³/mol. The van der Waals surface area contributed by atoms with Crippen LogP contribution in [0, 0.1) is 0 Å². The Hall–Kier alpha value is -1.90. The van der Waals surface area contributed by atoms with E-state index in [1.165, 1.54) is 0 Å². The lowest BCUT2D eigenvalue weighted by Gasteiger charge is -2.18. The second-order valence-corrected chi connectivity index (χ2v) is 8.83. The van der Waals surface area contributed by atoms with Gasteiger partial charge < -0.3 is 9.64 Å². The molecule has 1 amide bonds. The molecule has 1 N–H and O–H groups in total. The van der Waals surface area contributed by atoms with Crippen LogP contribution >= 0.6 is 15.9 Å². The number of anilines is 1. The highest BCUT2D eigenvalue weighted by atomic mass is 79.9. The molecule has 0 aliphatic carbocycles. The second kappa shape index (κ2) is 8.00. The Morgan fingerprint density at radius 2 is 2.07 bits per heavy atom. The van der Waals surface area contributed by atoms with Crippen molar-refractivity contribution in [3.05, 3.63) is 52.0 Å². The first-order chi connectivity index (χ1) is 12.9. The lowest BCUT2D eigenvalue weighted by Crippen LogP contribution is -2.28. The maximum Gasteiger partial charge on any atom is 0.242 e. The summed E-state index contributed by atoms with van der Waals surface area (Å²) in [5.41, 5.74) is 2.43. The number of benzene rings is 2. The standard InChI is InChI=1S/C19H21BrN2O4S/c1-3-19(23)22-8-7-14-10-16(20)18(11-17(14)22)27(24,25)21-12-13-5-4-6-15(9-13)26-2/h4-6,9-11,21H,3,7-8,12H2,1-2H3. The van der Waals surface area contributed by atoms with Crippen molar-refractivity contribution in [3.63, 3.8) is 0 Å². The number of halogens is 1. The van der Waals surface area contributed by atoms with E-state index < -0.39 is 10.0 Å². The summed E-state index contributed by atoms with van der Waals surface area (Å²) in [7, 11) is -2.20. The van der Waals surface area contributed by atoms with Crippen molar-refractivity contribution in [2.45, 2.75) is 31.2 Å². The van der Waals surface area contributed by atoms with Crippen LogP contribution in [0.5, 0.6) is 5.75 Å². The van der Waals surface area contributed by atoms with E-state index in [0.717, 1.165) is 17.5 Å². The number of hydrogen-bond acceptors (Lipinski definition) is 4. The van der Waals surface area contributed by atoms with Gasteiger partial charge in [-0.3, -0.25) is 4.79 Å². The van der Waals surface area contributed by atoms with Gasteiger partial charge in [-0.05, 0) is 57.7 Å². The third-order valence-corrected chi connectivity index (χ3v) is 6.88. The van der Waals surface area contributed by atoms with Crippen LogP contribution in [0.3, 0.4) is 0 Å². The van der Waals surface area contributed by atoms with E-state index >= 15 is 0 Å². The maximum atomic E-state index is 12.9. The molecule has 0 aromatic heterocycles. The number of amides is 1. The minimum Gasteiger partial charge on any atom is -0.497 e. The molecule has 1 heterocycles. The number of methoxy groups -OCH3 is 1. The van der Waals surface area contributed by atoms with Crippen molar-refractivity contribution in [2.75, 3.05) is 18.6 Å². The molecule has 3 rings (SSSR count). The van der Waals surface area contributed by atoms with Crippen LogP contribution in [0.15, 0.2) is 45.8 Å². The monoisotopic (exact) mass is 452 g/mol. The summed E-state index contributed by atoms with van der Waals surface area (Å²) in [6.07, 6.45) is 1.10. The number of sulfonamides is 1. The van der Waals surface area contributed by atoms with Crippen LogP contribution < -0.4 is 14.4 Å². The van der Waals surface area contributed by atoms with Gasteiger partial charge in [-0.2, -0.15) is 0 Å². The largest absolute Gasteiger partial charge is 0.497 e. The quantitative estimate of drug-likeness (QED) is 0.729. The van der Waals surface area contributed by atoms with E-state index in [-0.39, 0.29) is 17.3 Å². The summed E-state index contributed by atoms with van der Waals surface area (Å²) in [4.78, 5) is 13.9. The summed E-state index contributed by atoms with van der Waals surface area (Å²) in [6.45, 7) is 2.52. The summed E-state index contributed by atoms with van der Waals surface area (Å²) in [6, 6.07) is 10.6. The van der Waals surface area contributed by atoms with Crippen molar-refractivity contribution in [2.24, 2.45) is 0 Å². The van der Waals surface area contributed by atoms with E-state index in [4.69, 9.17) is 4.74 Å². The molecule has 144 valence electrons. The SMILES string of the molecule is CCC(=O)N1CCc2cc(Br)c(S(=O)(=O)NCc3cccc(OC)c3)cc21. The van der Waals surface area contributed by atoms with Gasteiger partial charge in [0.1, 0.15) is 5.75 Å². The van der Waals surface area contributed by atoms with Gasteiger partial charge in [0.15, 0.2) is 0 Å². The first-order valence-corrected chi connectivity index (χ1v) is 10.9. The molecule has 0 unspecified atom stereocenters. The van der Waals surface area contributed by atoms with E-state index in [1.807, 2.05) is 12.1 Å². The van der Waals surface area contributed by atoms with E-state index in [1.54, 1.807) is 43.2 Å². The Bertz CT molecular complexity index is 976. The molecule has 0 saturated heterocycles. The Balaban J connectivity index is 1.87. The number of carbonyl (C=O) groups excluding carboxylic acids is 1. The van der Waals surface area contributed by atoms with E-state index in [2.05, 4.69) is 20.7 Å². The second-order valence-electron chi connectivity index (χ2n) is 6.24. The highest BCUT2D eigenvalue weighted by Gasteiger charge is 2.28. The van der Waals surface area contributed by atoms with E-state index in [9.17, 15) is 13.2 Å². The van der Waals surface area contributed by atoms with Gasteiger partial charge in [-0.25, -0.2) is 13.1 Å². The Morgan fingerprint density at radius 3 is 2.78 bits per heavy atom. The summed E-state index contributed by atoms with van der Waals surface area (Å²) >= 11 is 3.37. The molecule has 1 aliphatic heterocycles. The topological polar surface area (TPSA) is 75.7 Å². The van der Waals surface area contributed by atoms with Crippen molar-refractivity contribution < 1.29 is 17.9 Å². The molecule has 0 spiro atoms. The minimum atomic E-state index is -3.76. The molecule has 0 radical (unpaired) electrons. The molecule has 27 heavy (non-hydrogen) atoms. The molecule has 0 saturated carbocycles. The van der Waals surface area contributed by atoms with Crippen molar-refractivity contribution in [3.8, 4) is 5.75 Å². The predicted octanol–water partition coefficient (Wildman–Crippen LogP) is 3.24. The lowest BCUT2D eigenvalue weighted by molar-refractivity contribution is -0.118. The average Bonchev–Trinajstić information content (AvgIpc) is 3.08. The van der Waals surface area contributed by atoms with Crippen molar-refractivity contribution in [1.29, 1.82) is 0 Å². The number of nitrogens with one attached hydrogen (secondary N) is 1. The van der Waals surface area contributed by atoms with Crippen LogP contribution in [0.1, 0.15) is 24.5 Å². The fraction of sp³-hybridized carbons (Fsp3) is 0.316. The molecular formula is C19H21BrN2O4S. The van der Waals surface area contributed by atoms with E-state index in [0.29, 0.717) is 28.9 Å². The van der Waals surface area contributed by atoms with Crippen molar-refractivity contribution in [1.82, 2.24) is 4.72 Å². The minimum absolute atomic E-state index is 0.0104. The Morgan fingerprint density at radius 1 is 1.30 bits per heavy atom. The molecule has 0 atom stereocenters. The van der Waals surface area contributed by atoms with Gasteiger partial charge in [0.2, 0.25) is 15.9 Å². The number of ether oxygens (including phenoxy) is 1. The molecule has 2 aromatic carbocycles. The van der Waals surface area contributed by atoms with Gasteiger partial charge in [0, 0.05) is 29.7 Å². The first kappa shape index (κ1) is 19.9. The zero-order valence-electron chi connectivity index (χ0n) is 15.2. The first-order valence-electron chi connectivity index (χ1n) is 8.61. The lowest BCUT2D eigenvalue weighted by atomic mass is 10.2. The smallest absolute Gasteiger partial charge is 0.242 e. The van der Waals surface area contributed by atoms with Gasteiger partial charge >= 0.3 is 0 Å². The summed E-state index contributed by atoms with van der Waals surface area (Å²) in [5, 5.41) is 0. The number of fused-ring (bicyclic) bond motifs is 1. The Labute approximate surface area is 167 Å². The van der Waals surface area contributed by atoms with Gasteiger partial charge in [0.25, 0.3) is 0 Å². The summed E-state index contributed by atoms with van der Waals surface area (Å²) in [5.74, 6) is 0.655. The molecular weight excluding hydrogens is 432 g/mol. The number of hydrogen-bond donors (Lipinski definition) is 1. The maximum absolute atomic E-state index is 12.9. The zero-order chi connectivity index (χ0) is 19.6. The molecule has 8 heteroatoms. The molecule has 0 bridgehead atoms. The van der Waals surface area contributed by atoms with Crippen LogP contribution in [0.25, 0.3) is 0 Å². The fourth-order valence-corrected chi connectivity index (χ4v) is 5.21. The Kier molecular flexibility index (Phi) is 5.88. The molecule has 2 aromatic rings. The van der Waals surface area contributed by atoms with Crippen LogP contribution in [0.4, 0.5) is 5.69 Å². The average molecular weight is 453 g/mol. The fourth-order valence-electron chi connectivity index (χ4n) is 3.08.